The molecule has 0 aromatic carbocycles. The first-order chi connectivity index (χ1) is 7.75. The van der Waals surface area contributed by atoms with E-state index in [0.29, 0.717) is 6.04 Å². The molecule has 0 radical (unpaired) electrons. The molecule has 3 unspecified atom stereocenters. The highest BCUT2D eigenvalue weighted by atomic mass is 32.2. The molecular formula is C12H24N2OS. The van der Waals surface area contributed by atoms with Gasteiger partial charge in [0, 0.05) is 37.0 Å². The van der Waals surface area contributed by atoms with Gasteiger partial charge in [0.15, 0.2) is 0 Å². The highest BCUT2D eigenvalue weighted by Gasteiger charge is 2.25. The Morgan fingerprint density at radius 3 is 2.81 bits per heavy atom. The number of thioether (sulfide) groups is 1. The largest absolute Gasteiger partial charge is 0.379 e. The van der Waals surface area contributed by atoms with Crippen LogP contribution in [-0.4, -0.2) is 60.8 Å². The normalized spacial score (nSPS) is 34.1. The van der Waals surface area contributed by atoms with Crippen molar-refractivity contribution in [1.82, 2.24) is 10.2 Å². The van der Waals surface area contributed by atoms with Crippen LogP contribution in [0.4, 0.5) is 0 Å². The number of rotatable bonds is 4. The van der Waals surface area contributed by atoms with Gasteiger partial charge in [-0.3, -0.25) is 4.90 Å². The number of nitrogens with zero attached hydrogens (tertiary/aromatic N) is 1. The summed E-state index contributed by atoms with van der Waals surface area (Å²) in [5, 5.41) is 4.56. The highest BCUT2D eigenvalue weighted by Crippen LogP contribution is 2.26. The van der Waals surface area contributed by atoms with Crippen molar-refractivity contribution in [3.8, 4) is 0 Å². The molecule has 0 saturated carbocycles. The second-order valence-corrected chi connectivity index (χ2v) is 6.44. The lowest BCUT2D eigenvalue weighted by molar-refractivity contribution is 0.0339. The summed E-state index contributed by atoms with van der Waals surface area (Å²) in [5.74, 6) is 1.32. The molecule has 94 valence electrons. The Morgan fingerprint density at radius 1 is 1.44 bits per heavy atom. The zero-order chi connectivity index (χ0) is 11.4. The van der Waals surface area contributed by atoms with Crippen molar-refractivity contribution in [3.05, 3.63) is 0 Å². The lowest BCUT2D eigenvalue weighted by atomic mass is 10.1. The molecule has 0 aliphatic carbocycles. The van der Waals surface area contributed by atoms with Gasteiger partial charge in [0.25, 0.3) is 0 Å². The summed E-state index contributed by atoms with van der Waals surface area (Å²) in [6, 6.07) is 1.32. The average molecular weight is 244 g/mol. The third kappa shape index (κ3) is 3.62. The fourth-order valence-corrected chi connectivity index (χ4v) is 3.75. The van der Waals surface area contributed by atoms with E-state index in [1.165, 1.54) is 12.2 Å². The Hall–Kier alpha value is 0.230. The van der Waals surface area contributed by atoms with E-state index < -0.39 is 0 Å². The smallest absolute Gasteiger partial charge is 0.0594 e. The van der Waals surface area contributed by atoms with Gasteiger partial charge in [-0.25, -0.2) is 0 Å². The lowest BCUT2D eigenvalue weighted by Crippen LogP contribution is -2.48. The molecule has 0 spiro atoms. The van der Waals surface area contributed by atoms with Crippen LogP contribution < -0.4 is 5.32 Å². The van der Waals surface area contributed by atoms with Crippen LogP contribution in [0.2, 0.25) is 0 Å². The van der Waals surface area contributed by atoms with Gasteiger partial charge in [0.2, 0.25) is 0 Å². The van der Waals surface area contributed by atoms with Gasteiger partial charge >= 0.3 is 0 Å². The third-order valence-electron chi connectivity index (χ3n) is 3.51. The Balaban J connectivity index is 1.68. The fraction of sp³-hybridized carbons (Fsp3) is 1.00. The van der Waals surface area contributed by atoms with Gasteiger partial charge in [-0.2, -0.15) is 11.8 Å². The lowest BCUT2D eigenvalue weighted by Gasteiger charge is -2.31. The van der Waals surface area contributed by atoms with Crippen molar-refractivity contribution in [2.24, 2.45) is 0 Å². The van der Waals surface area contributed by atoms with Crippen LogP contribution in [0, 0.1) is 0 Å². The van der Waals surface area contributed by atoms with E-state index in [-0.39, 0.29) is 0 Å². The summed E-state index contributed by atoms with van der Waals surface area (Å²) < 4.78 is 5.37. The van der Waals surface area contributed by atoms with Gasteiger partial charge in [0.05, 0.1) is 13.2 Å². The van der Waals surface area contributed by atoms with Crippen molar-refractivity contribution < 1.29 is 4.74 Å². The van der Waals surface area contributed by atoms with Crippen molar-refractivity contribution in [2.45, 2.75) is 37.6 Å². The SMILES string of the molecule is CC(CN1CCOCC1)NC1CCSC1C. The zero-order valence-corrected chi connectivity index (χ0v) is 11.3. The van der Waals surface area contributed by atoms with E-state index >= 15 is 0 Å². The standard InChI is InChI=1S/C12H24N2OS/c1-10(9-14-4-6-15-7-5-14)13-12-3-8-16-11(12)2/h10-13H,3-9H2,1-2H3. The molecule has 0 aromatic heterocycles. The highest BCUT2D eigenvalue weighted by molar-refractivity contribution is 8.00. The van der Waals surface area contributed by atoms with Crippen molar-refractivity contribution >= 4 is 11.8 Å². The van der Waals surface area contributed by atoms with Crippen LogP contribution in [0.5, 0.6) is 0 Å². The molecule has 3 nitrogen and oxygen atoms in total. The van der Waals surface area contributed by atoms with E-state index in [2.05, 4.69) is 35.8 Å². The molecule has 2 fully saturated rings. The van der Waals surface area contributed by atoms with Gasteiger partial charge < -0.3 is 10.1 Å². The molecular weight excluding hydrogens is 220 g/mol. The molecule has 0 amide bonds. The van der Waals surface area contributed by atoms with Crippen LogP contribution in [0.1, 0.15) is 20.3 Å². The number of hydrogen-bond donors (Lipinski definition) is 1. The predicted molar refractivity (Wildman–Crippen MR) is 70.2 cm³/mol. The number of ether oxygens (including phenoxy) is 1. The zero-order valence-electron chi connectivity index (χ0n) is 10.4. The second kappa shape index (κ2) is 6.24. The van der Waals surface area contributed by atoms with E-state index in [0.717, 1.165) is 44.1 Å². The van der Waals surface area contributed by atoms with Crippen molar-refractivity contribution in [2.75, 3.05) is 38.6 Å². The summed E-state index contributed by atoms with van der Waals surface area (Å²) in [6.45, 7) is 9.83. The van der Waals surface area contributed by atoms with Gasteiger partial charge in [-0.1, -0.05) is 6.92 Å². The second-order valence-electron chi connectivity index (χ2n) is 4.95. The Labute approximate surface area is 103 Å². The van der Waals surface area contributed by atoms with Crippen molar-refractivity contribution in [3.63, 3.8) is 0 Å². The first-order valence-electron chi connectivity index (χ1n) is 6.43. The molecule has 2 aliphatic heterocycles. The van der Waals surface area contributed by atoms with E-state index in [1.807, 2.05) is 0 Å². The molecule has 0 bridgehead atoms. The van der Waals surface area contributed by atoms with Crippen LogP contribution in [0.15, 0.2) is 0 Å². The van der Waals surface area contributed by atoms with Gasteiger partial charge in [0.1, 0.15) is 0 Å². The van der Waals surface area contributed by atoms with E-state index in [9.17, 15) is 0 Å². The van der Waals surface area contributed by atoms with Gasteiger partial charge in [-0.15, -0.1) is 0 Å². The van der Waals surface area contributed by atoms with Crippen LogP contribution in [-0.2, 0) is 4.74 Å². The number of hydrogen-bond acceptors (Lipinski definition) is 4. The summed E-state index contributed by atoms with van der Waals surface area (Å²) in [4.78, 5) is 2.51. The molecule has 16 heavy (non-hydrogen) atoms. The summed E-state index contributed by atoms with van der Waals surface area (Å²) in [6.07, 6.45) is 1.33. The topological polar surface area (TPSA) is 24.5 Å². The molecule has 2 rings (SSSR count). The molecule has 1 N–H and O–H groups in total. The maximum absolute atomic E-state index is 5.37. The number of nitrogens with one attached hydrogen (secondary N) is 1. The minimum Gasteiger partial charge on any atom is -0.379 e. The monoisotopic (exact) mass is 244 g/mol. The first-order valence-corrected chi connectivity index (χ1v) is 7.48. The minimum atomic E-state index is 0.601. The van der Waals surface area contributed by atoms with Gasteiger partial charge in [-0.05, 0) is 19.1 Å². The van der Waals surface area contributed by atoms with E-state index in [1.54, 1.807) is 0 Å². The molecule has 2 heterocycles. The Morgan fingerprint density at radius 2 is 2.19 bits per heavy atom. The Bertz CT molecular complexity index is 209. The molecule has 3 atom stereocenters. The number of morpholine rings is 1. The Kier molecular flexibility index (Phi) is 4.95. The van der Waals surface area contributed by atoms with Crippen LogP contribution in [0.3, 0.4) is 0 Å². The quantitative estimate of drug-likeness (QED) is 0.803. The first kappa shape index (κ1) is 12.7. The summed E-state index contributed by atoms with van der Waals surface area (Å²) >= 11 is 2.10. The summed E-state index contributed by atoms with van der Waals surface area (Å²) in [5.41, 5.74) is 0. The summed E-state index contributed by atoms with van der Waals surface area (Å²) in [7, 11) is 0. The van der Waals surface area contributed by atoms with Crippen LogP contribution >= 0.6 is 11.8 Å². The molecule has 0 aromatic rings. The van der Waals surface area contributed by atoms with E-state index in [4.69, 9.17) is 4.74 Å². The van der Waals surface area contributed by atoms with Crippen LogP contribution in [0.25, 0.3) is 0 Å². The predicted octanol–water partition coefficient (Wildman–Crippen LogP) is 1.19. The maximum atomic E-state index is 5.37. The average Bonchev–Trinajstić information content (AvgIpc) is 2.66. The minimum absolute atomic E-state index is 0.601. The maximum Gasteiger partial charge on any atom is 0.0594 e. The molecule has 2 aliphatic rings. The molecule has 2 saturated heterocycles. The fourth-order valence-electron chi connectivity index (χ4n) is 2.54. The van der Waals surface area contributed by atoms with Crippen molar-refractivity contribution in [1.29, 1.82) is 0 Å². The molecule has 4 heteroatoms. The third-order valence-corrected chi connectivity index (χ3v) is 4.84.